The number of benzene rings is 3. The summed E-state index contributed by atoms with van der Waals surface area (Å²) in [5, 5.41) is 12.0. The number of Topliss-reactive ketones (excluding diaryl/α,β-unsaturated/α-hetero) is 2. The molecule has 1 atom stereocenters. The fraction of sp³-hybridized carbons (Fsp3) is 0.194. The van der Waals surface area contributed by atoms with Crippen LogP contribution < -0.4 is 14.8 Å². The Kier molecular flexibility index (Phi) is 7.47. The number of carbonyl (C=O) groups excluding carboxylic acids is 3. The van der Waals surface area contributed by atoms with Gasteiger partial charge in [0.05, 0.1) is 6.04 Å². The Labute approximate surface area is 220 Å². The van der Waals surface area contributed by atoms with Crippen molar-refractivity contribution in [2.24, 2.45) is 0 Å². The first-order valence-electron chi connectivity index (χ1n) is 12.4. The van der Waals surface area contributed by atoms with Gasteiger partial charge in [-0.1, -0.05) is 60.7 Å². The van der Waals surface area contributed by atoms with Gasteiger partial charge in [-0.05, 0) is 52.5 Å². The van der Waals surface area contributed by atoms with Crippen molar-refractivity contribution in [2.45, 2.75) is 25.3 Å². The highest BCUT2D eigenvalue weighted by Gasteiger charge is 2.25. The average Bonchev–Trinajstić information content (AvgIpc) is 3.58. The smallest absolute Gasteiger partial charge is 0.244 e. The molecule has 0 spiro atoms. The number of hydrogen-bond donors (Lipinski definition) is 2. The molecule has 5 rings (SSSR count). The Morgan fingerprint density at radius 3 is 2.58 bits per heavy atom. The lowest BCUT2D eigenvalue weighted by Gasteiger charge is -2.18. The Bertz CT molecular complexity index is 1440. The van der Waals surface area contributed by atoms with Gasteiger partial charge in [0.15, 0.2) is 23.1 Å². The van der Waals surface area contributed by atoms with E-state index in [0.29, 0.717) is 23.5 Å². The summed E-state index contributed by atoms with van der Waals surface area (Å²) in [5.74, 6) is 0.391. The van der Waals surface area contributed by atoms with Gasteiger partial charge in [0.2, 0.25) is 12.7 Å². The third kappa shape index (κ3) is 5.74. The van der Waals surface area contributed by atoms with E-state index in [1.54, 1.807) is 42.5 Å². The van der Waals surface area contributed by atoms with E-state index < -0.39 is 12.6 Å². The summed E-state index contributed by atoms with van der Waals surface area (Å²) < 4.78 is 10.7. The molecule has 2 aliphatic rings. The molecular formula is C31H27NO6. The molecule has 0 saturated carbocycles. The van der Waals surface area contributed by atoms with Gasteiger partial charge in [-0.15, -0.1) is 0 Å². The number of nitrogens with one attached hydrogen (secondary N) is 1. The Morgan fingerprint density at radius 2 is 1.76 bits per heavy atom. The van der Waals surface area contributed by atoms with Crippen molar-refractivity contribution in [1.82, 2.24) is 5.32 Å². The maximum atomic E-state index is 13.4. The summed E-state index contributed by atoms with van der Waals surface area (Å²) in [6, 6.07) is 19.3. The molecule has 192 valence electrons. The number of carbonyl (C=O) groups is 3. The predicted molar refractivity (Wildman–Crippen MR) is 143 cm³/mol. The molecule has 1 amide bonds. The molecule has 2 N–H and O–H groups in total. The molecular weight excluding hydrogens is 482 g/mol. The van der Waals surface area contributed by atoms with Crippen LogP contribution in [-0.4, -0.2) is 42.0 Å². The number of fused-ring (bicyclic) bond motifs is 2. The number of ether oxygens (including phenoxy) is 2. The fourth-order valence-corrected chi connectivity index (χ4v) is 4.65. The lowest BCUT2D eigenvalue weighted by Crippen LogP contribution is -2.41. The Balaban J connectivity index is 1.31. The highest BCUT2D eigenvalue weighted by Crippen LogP contribution is 2.33. The molecule has 3 aromatic carbocycles. The number of aliphatic hydroxyl groups excluding tert-OH is 1. The number of aliphatic hydroxyl groups is 1. The van der Waals surface area contributed by atoms with Crippen molar-refractivity contribution in [3.63, 3.8) is 0 Å². The summed E-state index contributed by atoms with van der Waals surface area (Å²) in [5.41, 5.74) is 5.21. The molecule has 0 radical (unpaired) electrons. The number of hydrogen-bond acceptors (Lipinski definition) is 6. The van der Waals surface area contributed by atoms with Gasteiger partial charge in [0, 0.05) is 24.5 Å². The zero-order valence-electron chi connectivity index (χ0n) is 20.7. The van der Waals surface area contributed by atoms with Gasteiger partial charge >= 0.3 is 0 Å². The average molecular weight is 510 g/mol. The quantitative estimate of drug-likeness (QED) is 0.317. The second-order valence-corrected chi connectivity index (χ2v) is 9.22. The van der Waals surface area contributed by atoms with E-state index in [0.717, 1.165) is 28.7 Å². The van der Waals surface area contributed by atoms with E-state index in [2.05, 4.69) is 17.5 Å². The van der Waals surface area contributed by atoms with Crippen molar-refractivity contribution in [1.29, 1.82) is 0 Å². The van der Waals surface area contributed by atoms with Crippen LogP contribution in [0.25, 0.3) is 11.6 Å². The van der Waals surface area contributed by atoms with Crippen molar-refractivity contribution in [3.05, 3.63) is 107 Å². The van der Waals surface area contributed by atoms with Crippen LogP contribution in [0.2, 0.25) is 0 Å². The van der Waals surface area contributed by atoms with Crippen molar-refractivity contribution in [2.75, 3.05) is 13.4 Å². The highest BCUT2D eigenvalue weighted by molar-refractivity contribution is 5.98. The summed E-state index contributed by atoms with van der Waals surface area (Å²) >= 11 is 0. The molecule has 38 heavy (non-hydrogen) atoms. The molecule has 1 heterocycles. The lowest BCUT2D eigenvalue weighted by molar-refractivity contribution is -0.125. The van der Waals surface area contributed by atoms with Crippen LogP contribution in [0.15, 0.2) is 78.9 Å². The van der Waals surface area contributed by atoms with E-state index >= 15 is 0 Å². The molecule has 1 aliphatic carbocycles. The molecule has 7 nitrogen and oxygen atoms in total. The highest BCUT2D eigenvalue weighted by atomic mass is 16.7. The third-order valence-corrected chi connectivity index (χ3v) is 6.68. The van der Waals surface area contributed by atoms with E-state index in [4.69, 9.17) is 14.6 Å². The van der Waals surface area contributed by atoms with E-state index in [9.17, 15) is 14.4 Å². The van der Waals surface area contributed by atoms with Crippen LogP contribution in [0.1, 0.15) is 39.0 Å². The van der Waals surface area contributed by atoms with E-state index in [-0.39, 0.29) is 30.7 Å². The topological polar surface area (TPSA) is 102 Å². The zero-order valence-corrected chi connectivity index (χ0v) is 20.7. The fourth-order valence-electron chi connectivity index (χ4n) is 4.65. The molecule has 0 aromatic heterocycles. The van der Waals surface area contributed by atoms with Crippen molar-refractivity contribution >= 4 is 29.1 Å². The predicted octanol–water partition coefficient (Wildman–Crippen LogP) is 3.93. The molecule has 0 fully saturated rings. The van der Waals surface area contributed by atoms with Crippen molar-refractivity contribution < 1.29 is 29.0 Å². The summed E-state index contributed by atoms with van der Waals surface area (Å²) in [4.78, 5) is 38.0. The first-order valence-corrected chi connectivity index (χ1v) is 12.4. The van der Waals surface area contributed by atoms with Crippen LogP contribution >= 0.6 is 0 Å². The number of rotatable bonds is 10. The van der Waals surface area contributed by atoms with Gasteiger partial charge in [0.25, 0.3) is 0 Å². The minimum Gasteiger partial charge on any atom is -0.454 e. The van der Waals surface area contributed by atoms with E-state index in [1.807, 2.05) is 24.3 Å². The first kappa shape index (κ1) is 25.2. The molecule has 0 bridgehead atoms. The van der Waals surface area contributed by atoms with Crippen LogP contribution in [0, 0.1) is 0 Å². The largest absolute Gasteiger partial charge is 0.454 e. The standard InChI is InChI=1S/C31H27NO6/c33-18-28(35)23-9-5-20(6-10-23)15-27(34)26(17-24-12-11-22-3-1-2-4-25(22)24)32-31(36)14-8-21-7-13-29-30(16-21)38-19-37-29/h1-10,12-14,16,26,33H,11,15,17-19H2,(H,32,36)/b14-8+/t26-/m0/s1. The number of allylic oxidation sites excluding steroid dienone is 1. The Morgan fingerprint density at radius 1 is 0.974 bits per heavy atom. The molecule has 0 saturated heterocycles. The summed E-state index contributed by atoms with van der Waals surface area (Å²) in [6.45, 7) is -0.394. The van der Waals surface area contributed by atoms with Gasteiger partial charge < -0.3 is 19.9 Å². The number of ketones is 2. The normalized spacial score (nSPS) is 14.2. The van der Waals surface area contributed by atoms with Crippen LogP contribution in [0.3, 0.4) is 0 Å². The molecule has 3 aromatic rings. The minimum absolute atomic E-state index is 0.0966. The first-order chi connectivity index (χ1) is 18.5. The second-order valence-electron chi connectivity index (χ2n) is 9.22. The lowest BCUT2D eigenvalue weighted by atomic mass is 9.94. The third-order valence-electron chi connectivity index (χ3n) is 6.68. The van der Waals surface area contributed by atoms with Gasteiger partial charge in [-0.25, -0.2) is 0 Å². The SMILES string of the molecule is O=C(/C=C/c1ccc2c(c1)OCO2)N[C@@H](CC1=CCc2ccccc21)C(=O)Cc1ccc(C(=O)CO)cc1. The second kappa shape index (κ2) is 11.3. The number of amides is 1. The van der Waals surface area contributed by atoms with Crippen LogP contribution in [-0.2, 0) is 22.4 Å². The molecule has 1 aliphatic heterocycles. The maximum Gasteiger partial charge on any atom is 0.244 e. The van der Waals surface area contributed by atoms with Crippen LogP contribution in [0.5, 0.6) is 11.5 Å². The summed E-state index contributed by atoms with van der Waals surface area (Å²) in [6.07, 6.45) is 6.45. The van der Waals surface area contributed by atoms with E-state index in [1.165, 1.54) is 11.6 Å². The van der Waals surface area contributed by atoms with Crippen molar-refractivity contribution in [3.8, 4) is 11.5 Å². The zero-order chi connectivity index (χ0) is 26.5. The monoisotopic (exact) mass is 509 g/mol. The van der Waals surface area contributed by atoms with Gasteiger partial charge in [-0.2, -0.15) is 0 Å². The summed E-state index contributed by atoms with van der Waals surface area (Å²) in [7, 11) is 0. The van der Waals surface area contributed by atoms with Gasteiger partial charge in [-0.3, -0.25) is 14.4 Å². The maximum absolute atomic E-state index is 13.4. The molecule has 7 heteroatoms. The Hall–Kier alpha value is -4.49. The van der Waals surface area contributed by atoms with Crippen LogP contribution in [0.4, 0.5) is 0 Å². The molecule has 0 unspecified atom stereocenters. The van der Waals surface area contributed by atoms with Gasteiger partial charge in [0.1, 0.15) is 6.61 Å². The minimum atomic E-state index is -0.736.